The fourth-order valence-electron chi connectivity index (χ4n) is 9.33. The van der Waals surface area contributed by atoms with E-state index < -0.39 is 0 Å². The number of rotatable bonds is 5. The molecule has 2 aliphatic rings. The van der Waals surface area contributed by atoms with Gasteiger partial charge >= 0.3 is 0 Å². The lowest BCUT2D eigenvalue weighted by Gasteiger charge is -2.36. The third-order valence-electron chi connectivity index (χ3n) is 12.0. The number of hydrogen-bond acceptors (Lipinski definition) is 4. The van der Waals surface area contributed by atoms with Crippen LogP contribution >= 0.6 is 0 Å². The number of para-hydroxylation sites is 1. The van der Waals surface area contributed by atoms with Gasteiger partial charge in [0.05, 0.1) is 0 Å². The molecule has 1 saturated carbocycles. The van der Waals surface area contributed by atoms with E-state index in [2.05, 4.69) is 140 Å². The van der Waals surface area contributed by atoms with E-state index in [9.17, 15) is 0 Å². The third kappa shape index (κ3) is 5.24. The maximum Gasteiger partial charge on any atom is 0.164 e. The molecule has 2 aromatic heterocycles. The molecule has 0 bridgehead atoms. The van der Waals surface area contributed by atoms with E-state index in [1.807, 2.05) is 24.3 Å². The van der Waals surface area contributed by atoms with Crippen molar-refractivity contribution in [1.82, 2.24) is 15.0 Å². The Morgan fingerprint density at radius 2 is 0.964 bits per heavy atom. The molecule has 4 heteroatoms. The zero-order valence-electron chi connectivity index (χ0n) is 30.4. The molecule has 0 radical (unpaired) electrons. The maximum absolute atomic E-state index is 6.28. The molecular weight excluding hydrogens is 671 g/mol. The fourth-order valence-corrected chi connectivity index (χ4v) is 9.33. The van der Waals surface area contributed by atoms with Crippen LogP contribution in [0.4, 0.5) is 0 Å². The van der Waals surface area contributed by atoms with Crippen molar-refractivity contribution in [2.75, 3.05) is 0 Å². The Hall–Kier alpha value is -6.65. The molecule has 2 aliphatic carbocycles. The van der Waals surface area contributed by atoms with Gasteiger partial charge < -0.3 is 4.42 Å². The second-order valence-electron chi connectivity index (χ2n) is 15.1. The molecule has 7 aromatic carbocycles. The first-order chi connectivity index (χ1) is 27.2. The quantitative estimate of drug-likeness (QED) is 0.179. The minimum Gasteiger partial charge on any atom is -0.456 e. The molecule has 0 aliphatic heterocycles. The summed E-state index contributed by atoms with van der Waals surface area (Å²) >= 11 is 0. The normalized spacial score (nSPS) is 14.3. The highest BCUT2D eigenvalue weighted by atomic mass is 16.3. The number of hydrogen-bond donors (Lipinski definition) is 0. The highest BCUT2D eigenvalue weighted by Crippen LogP contribution is 2.57. The summed E-state index contributed by atoms with van der Waals surface area (Å²) in [5.41, 5.74) is 15.1. The Kier molecular flexibility index (Phi) is 7.38. The lowest BCUT2D eigenvalue weighted by Crippen LogP contribution is -2.27. The highest BCUT2D eigenvalue weighted by molar-refractivity contribution is 6.05. The average Bonchev–Trinajstić information content (AvgIpc) is 3.77. The van der Waals surface area contributed by atoms with Crippen LogP contribution in [0.25, 0.3) is 89.5 Å². The van der Waals surface area contributed by atoms with E-state index in [-0.39, 0.29) is 5.41 Å². The molecule has 0 N–H and O–H groups in total. The predicted octanol–water partition coefficient (Wildman–Crippen LogP) is 13.3. The van der Waals surface area contributed by atoms with E-state index in [1.165, 1.54) is 65.5 Å². The maximum atomic E-state index is 6.28. The van der Waals surface area contributed by atoms with Crippen LogP contribution in [0.3, 0.4) is 0 Å². The molecule has 0 saturated heterocycles. The number of aromatic nitrogens is 3. The van der Waals surface area contributed by atoms with E-state index in [0.29, 0.717) is 17.5 Å². The SMILES string of the molecule is c1ccc(-c2cccc(-c3nc(-c4ccc(-c5cccc6c5-c5ccccc5C65CCCCC5)cc4)nc(-c4ccc5c(c4)oc4ccccc45)n3)c2)cc1. The van der Waals surface area contributed by atoms with Crippen LogP contribution in [0, 0.1) is 0 Å². The summed E-state index contributed by atoms with van der Waals surface area (Å²) in [5, 5.41) is 2.17. The molecule has 1 fully saturated rings. The summed E-state index contributed by atoms with van der Waals surface area (Å²) in [6.07, 6.45) is 6.34. The lowest BCUT2D eigenvalue weighted by molar-refractivity contribution is 0.353. The summed E-state index contributed by atoms with van der Waals surface area (Å²) < 4.78 is 6.28. The molecule has 1 spiro atoms. The van der Waals surface area contributed by atoms with Crippen LogP contribution in [0.1, 0.15) is 43.2 Å². The van der Waals surface area contributed by atoms with Crippen molar-refractivity contribution in [2.24, 2.45) is 0 Å². The van der Waals surface area contributed by atoms with Crippen LogP contribution in [0.2, 0.25) is 0 Å². The summed E-state index contributed by atoms with van der Waals surface area (Å²) in [6.45, 7) is 0. The molecule has 0 atom stereocenters. The number of nitrogens with zero attached hydrogens (tertiary/aromatic N) is 3. The molecule has 11 rings (SSSR count). The standard InChI is InChI=1S/C51H37N3O/c1-3-13-33(14-4-1)36-15-11-16-37(31-36)49-52-48(53-50(54-49)38-27-28-41-40-17-6-8-22-45(40)55-46(41)32-38)35-25-23-34(24-26-35)39-19-12-21-44-47(39)42-18-5-7-20-43(42)51(44)29-9-2-10-30-51/h1,3-8,11-28,31-32H,2,9-10,29-30H2. The van der Waals surface area contributed by atoms with Crippen molar-refractivity contribution in [2.45, 2.75) is 37.5 Å². The van der Waals surface area contributed by atoms with Crippen LogP contribution in [0.5, 0.6) is 0 Å². The van der Waals surface area contributed by atoms with E-state index in [0.717, 1.165) is 49.8 Å². The zero-order valence-corrected chi connectivity index (χ0v) is 30.4. The van der Waals surface area contributed by atoms with Gasteiger partial charge in [0.25, 0.3) is 0 Å². The van der Waals surface area contributed by atoms with Crippen LogP contribution in [-0.2, 0) is 5.41 Å². The predicted molar refractivity (Wildman–Crippen MR) is 224 cm³/mol. The third-order valence-corrected chi connectivity index (χ3v) is 12.0. The molecule has 0 unspecified atom stereocenters. The molecule has 0 amide bonds. The van der Waals surface area contributed by atoms with Gasteiger partial charge in [-0.1, -0.05) is 159 Å². The van der Waals surface area contributed by atoms with Crippen LogP contribution < -0.4 is 0 Å². The van der Waals surface area contributed by atoms with Gasteiger partial charge in [-0.15, -0.1) is 0 Å². The van der Waals surface area contributed by atoms with Crippen molar-refractivity contribution in [3.05, 3.63) is 175 Å². The van der Waals surface area contributed by atoms with Gasteiger partial charge in [0.15, 0.2) is 17.5 Å². The largest absolute Gasteiger partial charge is 0.456 e. The minimum absolute atomic E-state index is 0.126. The van der Waals surface area contributed by atoms with Gasteiger partial charge in [0.2, 0.25) is 0 Å². The molecule has 4 nitrogen and oxygen atoms in total. The smallest absolute Gasteiger partial charge is 0.164 e. The molecular formula is C51H37N3O. The van der Waals surface area contributed by atoms with Crippen molar-refractivity contribution in [3.8, 4) is 67.5 Å². The molecule has 9 aromatic rings. The van der Waals surface area contributed by atoms with Gasteiger partial charge in [-0.2, -0.15) is 0 Å². The van der Waals surface area contributed by atoms with E-state index >= 15 is 0 Å². The summed E-state index contributed by atoms with van der Waals surface area (Å²) in [6, 6.07) is 58.1. The van der Waals surface area contributed by atoms with Gasteiger partial charge in [-0.3, -0.25) is 0 Å². The van der Waals surface area contributed by atoms with Crippen molar-refractivity contribution in [3.63, 3.8) is 0 Å². The van der Waals surface area contributed by atoms with Crippen LogP contribution in [-0.4, -0.2) is 15.0 Å². The average molecular weight is 708 g/mol. The molecule has 55 heavy (non-hydrogen) atoms. The highest BCUT2D eigenvalue weighted by Gasteiger charge is 2.44. The fraction of sp³-hybridized carbons (Fsp3) is 0.118. The zero-order chi connectivity index (χ0) is 36.3. The van der Waals surface area contributed by atoms with E-state index in [4.69, 9.17) is 19.4 Å². The summed E-state index contributed by atoms with van der Waals surface area (Å²) in [7, 11) is 0. The first-order valence-corrected chi connectivity index (χ1v) is 19.4. The van der Waals surface area contributed by atoms with Crippen LogP contribution in [0.15, 0.2) is 168 Å². The Morgan fingerprint density at radius 1 is 0.382 bits per heavy atom. The number of furan rings is 1. The van der Waals surface area contributed by atoms with E-state index in [1.54, 1.807) is 0 Å². The first-order valence-electron chi connectivity index (χ1n) is 19.4. The second kappa shape index (κ2) is 12.7. The lowest BCUT2D eigenvalue weighted by atomic mass is 9.68. The monoisotopic (exact) mass is 707 g/mol. The first kappa shape index (κ1) is 31.8. The van der Waals surface area contributed by atoms with Gasteiger partial charge in [-0.25, -0.2) is 15.0 Å². The van der Waals surface area contributed by atoms with Crippen molar-refractivity contribution in [1.29, 1.82) is 0 Å². The molecule has 262 valence electrons. The van der Waals surface area contributed by atoms with Gasteiger partial charge in [-0.05, 0) is 81.6 Å². The Balaban J connectivity index is 1.03. The second-order valence-corrected chi connectivity index (χ2v) is 15.1. The Labute approximate surface area is 320 Å². The topological polar surface area (TPSA) is 51.8 Å². The van der Waals surface area contributed by atoms with Crippen molar-refractivity contribution >= 4 is 21.9 Å². The summed E-state index contributed by atoms with van der Waals surface area (Å²) in [4.78, 5) is 15.4. The number of benzene rings is 7. The number of fused-ring (bicyclic) bond motifs is 8. The van der Waals surface area contributed by atoms with Gasteiger partial charge in [0, 0.05) is 32.9 Å². The Morgan fingerprint density at radius 3 is 1.80 bits per heavy atom. The Bertz CT molecular complexity index is 2900. The molecule has 2 heterocycles. The van der Waals surface area contributed by atoms with Crippen molar-refractivity contribution < 1.29 is 4.42 Å². The summed E-state index contributed by atoms with van der Waals surface area (Å²) in [5.74, 6) is 1.86. The minimum atomic E-state index is 0.126. The van der Waals surface area contributed by atoms with Gasteiger partial charge in [0.1, 0.15) is 11.2 Å².